The average Bonchev–Trinajstić information content (AvgIpc) is 3.52. The number of rotatable bonds is 6. The van der Waals surface area contributed by atoms with Gasteiger partial charge in [-0.2, -0.15) is 0 Å². The Hall–Kier alpha value is -3.89. The van der Waals surface area contributed by atoms with Crippen molar-refractivity contribution in [1.82, 2.24) is 4.57 Å². The molecule has 0 spiro atoms. The topological polar surface area (TPSA) is 36.5 Å². The van der Waals surface area contributed by atoms with Crippen molar-refractivity contribution in [2.45, 2.75) is 0 Å². The molecule has 0 aliphatic heterocycles. The summed E-state index contributed by atoms with van der Waals surface area (Å²) in [6, 6.07) is 27.9. The Bertz CT molecular complexity index is 1360. The van der Waals surface area contributed by atoms with Crippen LogP contribution in [0.3, 0.4) is 0 Å². The van der Waals surface area contributed by atoms with Gasteiger partial charge in [0.25, 0.3) is 0 Å². The highest BCUT2D eigenvalue weighted by Crippen LogP contribution is 2.41. The second kappa shape index (κ2) is 8.93. The molecule has 0 N–H and O–H groups in total. The second-order valence-corrected chi connectivity index (χ2v) is 7.98. The molecule has 0 saturated carbocycles. The highest BCUT2D eigenvalue weighted by molar-refractivity contribution is 6.30. The highest BCUT2D eigenvalue weighted by Gasteiger charge is 2.21. The van der Waals surface area contributed by atoms with Gasteiger partial charge in [0.1, 0.15) is 11.5 Å². The molecule has 0 radical (unpaired) electrons. The summed E-state index contributed by atoms with van der Waals surface area (Å²) in [6.07, 6.45) is 3.78. The molecular formula is C28H22ClNO3. The van der Waals surface area contributed by atoms with Gasteiger partial charge in [0.15, 0.2) is 5.76 Å². The number of hydrogen-bond acceptors (Lipinski definition) is 3. The van der Waals surface area contributed by atoms with Crippen LogP contribution in [0.25, 0.3) is 39.4 Å². The van der Waals surface area contributed by atoms with E-state index in [0.717, 1.165) is 50.9 Å². The first-order valence-corrected chi connectivity index (χ1v) is 10.9. The zero-order valence-corrected chi connectivity index (χ0v) is 19.0. The molecule has 3 aromatic carbocycles. The molecule has 0 saturated heterocycles. The standard InChI is InChI=1S/C28H22ClNO3/c1-31-23-11-3-19(4-12-23)25-15-17-30(22-9-7-21(29)8-10-22)27(25)28-26(16-18-33-28)20-5-13-24(32-2)14-6-20/h3-18H,1-2H3. The van der Waals surface area contributed by atoms with Crippen molar-refractivity contribution in [3.8, 4) is 50.9 Å². The predicted molar refractivity (Wildman–Crippen MR) is 132 cm³/mol. The lowest BCUT2D eigenvalue weighted by Crippen LogP contribution is -1.96. The van der Waals surface area contributed by atoms with Crippen LogP contribution in [0.15, 0.2) is 102 Å². The van der Waals surface area contributed by atoms with Gasteiger partial charge in [-0.1, -0.05) is 35.9 Å². The summed E-state index contributed by atoms with van der Waals surface area (Å²) in [4.78, 5) is 0. The van der Waals surface area contributed by atoms with Crippen LogP contribution in [0.5, 0.6) is 11.5 Å². The number of aromatic nitrogens is 1. The van der Waals surface area contributed by atoms with Gasteiger partial charge in [0, 0.05) is 28.0 Å². The van der Waals surface area contributed by atoms with Crippen molar-refractivity contribution in [3.05, 3.63) is 102 Å². The number of methoxy groups -OCH3 is 2. The van der Waals surface area contributed by atoms with Crippen LogP contribution in [0.2, 0.25) is 5.02 Å². The second-order valence-electron chi connectivity index (χ2n) is 7.54. The zero-order chi connectivity index (χ0) is 22.8. The fourth-order valence-electron chi connectivity index (χ4n) is 3.97. The SMILES string of the molecule is COc1ccc(-c2ccoc2-c2c(-c3ccc(OC)cc3)ccn2-c2ccc(Cl)cc2)cc1. The summed E-state index contributed by atoms with van der Waals surface area (Å²) in [7, 11) is 3.33. The normalized spacial score (nSPS) is 10.9. The summed E-state index contributed by atoms with van der Waals surface area (Å²) < 4.78 is 18.9. The molecule has 4 nitrogen and oxygen atoms in total. The van der Waals surface area contributed by atoms with Crippen molar-refractivity contribution in [1.29, 1.82) is 0 Å². The van der Waals surface area contributed by atoms with Gasteiger partial charge in [0.05, 0.1) is 26.2 Å². The van der Waals surface area contributed by atoms with E-state index in [0.29, 0.717) is 5.02 Å². The zero-order valence-electron chi connectivity index (χ0n) is 18.3. The van der Waals surface area contributed by atoms with Crippen molar-refractivity contribution in [3.63, 3.8) is 0 Å². The minimum absolute atomic E-state index is 0.694. The Morgan fingerprint density at radius 2 is 1.24 bits per heavy atom. The average molecular weight is 456 g/mol. The summed E-state index contributed by atoms with van der Waals surface area (Å²) in [5, 5.41) is 0.694. The fourth-order valence-corrected chi connectivity index (χ4v) is 4.10. The molecular weight excluding hydrogens is 434 g/mol. The van der Waals surface area contributed by atoms with Gasteiger partial charge in [0.2, 0.25) is 0 Å². The van der Waals surface area contributed by atoms with Crippen molar-refractivity contribution in [2.75, 3.05) is 14.2 Å². The number of ether oxygens (including phenoxy) is 2. The highest BCUT2D eigenvalue weighted by atomic mass is 35.5. The third kappa shape index (κ3) is 4.01. The van der Waals surface area contributed by atoms with Gasteiger partial charge in [-0.15, -0.1) is 0 Å². The van der Waals surface area contributed by atoms with Crippen LogP contribution in [-0.2, 0) is 0 Å². The number of nitrogens with zero attached hydrogens (tertiary/aromatic N) is 1. The van der Waals surface area contributed by atoms with Crippen LogP contribution in [0, 0.1) is 0 Å². The Kier molecular flexibility index (Phi) is 5.68. The number of furan rings is 1. The molecule has 0 amide bonds. The first-order valence-electron chi connectivity index (χ1n) is 10.5. The predicted octanol–water partition coefficient (Wildman–Crippen LogP) is 7.74. The van der Waals surface area contributed by atoms with Crippen LogP contribution < -0.4 is 9.47 Å². The molecule has 0 unspecified atom stereocenters. The molecule has 2 heterocycles. The molecule has 2 aromatic heterocycles. The molecule has 5 heteroatoms. The van der Waals surface area contributed by atoms with Gasteiger partial charge in [-0.3, -0.25) is 0 Å². The first kappa shape index (κ1) is 21.0. The van der Waals surface area contributed by atoms with Gasteiger partial charge < -0.3 is 18.5 Å². The number of hydrogen-bond donors (Lipinski definition) is 0. The molecule has 0 bridgehead atoms. The summed E-state index contributed by atoms with van der Waals surface area (Å²) in [5.41, 5.74) is 6.11. The third-order valence-electron chi connectivity index (χ3n) is 5.67. The van der Waals surface area contributed by atoms with Gasteiger partial charge in [-0.25, -0.2) is 0 Å². The maximum atomic E-state index is 6.15. The minimum Gasteiger partial charge on any atom is -0.497 e. The Morgan fingerprint density at radius 3 is 1.82 bits per heavy atom. The maximum absolute atomic E-state index is 6.15. The number of halogens is 1. The van der Waals surface area contributed by atoms with E-state index in [1.807, 2.05) is 66.7 Å². The smallest absolute Gasteiger partial charge is 0.159 e. The van der Waals surface area contributed by atoms with Crippen molar-refractivity contribution in [2.24, 2.45) is 0 Å². The Morgan fingerprint density at radius 1 is 0.667 bits per heavy atom. The summed E-state index contributed by atoms with van der Waals surface area (Å²) in [6.45, 7) is 0. The van der Waals surface area contributed by atoms with E-state index in [1.165, 1.54) is 0 Å². The lowest BCUT2D eigenvalue weighted by atomic mass is 9.99. The monoisotopic (exact) mass is 455 g/mol. The van der Waals surface area contributed by atoms with E-state index >= 15 is 0 Å². The molecule has 5 aromatic rings. The maximum Gasteiger partial charge on any atom is 0.159 e. The molecule has 0 aliphatic rings. The van der Waals surface area contributed by atoms with Crippen LogP contribution in [0.4, 0.5) is 0 Å². The lowest BCUT2D eigenvalue weighted by Gasteiger charge is -2.13. The van der Waals surface area contributed by atoms with E-state index in [-0.39, 0.29) is 0 Å². The molecule has 0 fully saturated rings. The molecule has 164 valence electrons. The van der Waals surface area contributed by atoms with E-state index < -0.39 is 0 Å². The van der Waals surface area contributed by atoms with E-state index in [9.17, 15) is 0 Å². The fraction of sp³-hybridized carbons (Fsp3) is 0.0714. The summed E-state index contributed by atoms with van der Waals surface area (Å²) in [5.74, 6) is 2.41. The molecule has 5 rings (SSSR count). The largest absolute Gasteiger partial charge is 0.497 e. The van der Waals surface area contributed by atoms with E-state index in [1.54, 1.807) is 20.5 Å². The Balaban J connectivity index is 1.70. The van der Waals surface area contributed by atoms with Gasteiger partial charge in [-0.05, 0) is 71.8 Å². The first-order chi connectivity index (χ1) is 16.2. The van der Waals surface area contributed by atoms with Crippen molar-refractivity contribution < 1.29 is 13.9 Å². The molecule has 0 aliphatic carbocycles. The van der Waals surface area contributed by atoms with Crippen LogP contribution in [-0.4, -0.2) is 18.8 Å². The third-order valence-corrected chi connectivity index (χ3v) is 5.93. The Labute approximate surface area is 197 Å². The molecule has 33 heavy (non-hydrogen) atoms. The summed E-state index contributed by atoms with van der Waals surface area (Å²) >= 11 is 6.15. The van der Waals surface area contributed by atoms with E-state index in [2.05, 4.69) is 29.0 Å². The van der Waals surface area contributed by atoms with Crippen LogP contribution >= 0.6 is 11.6 Å². The van der Waals surface area contributed by atoms with Crippen LogP contribution in [0.1, 0.15) is 0 Å². The lowest BCUT2D eigenvalue weighted by molar-refractivity contribution is 0.415. The van der Waals surface area contributed by atoms with Gasteiger partial charge >= 0.3 is 0 Å². The van der Waals surface area contributed by atoms with Crippen molar-refractivity contribution >= 4 is 11.6 Å². The number of benzene rings is 3. The quantitative estimate of drug-likeness (QED) is 0.262. The van der Waals surface area contributed by atoms with E-state index in [4.69, 9.17) is 25.5 Å². The minimum atomic E-state index is 0.694. The molecule has 0 atom stereocenters.